The van der Waals surface area contributed by atoms with Gasteiger partial charge < -0.3 is 10.2 Å². The fraction of sp³-hybridized carbons (Fsp3) is 0.280. The zero-order valence-corrected chi connectivity index (χ0v) is 17.7. The van der Waals surface area contributed by atoms with Gasteiger partial charge in [-0.2, -0.15) is 0 Å². The molecule has 0 saturated carbocycles. The van der Waals surface area contributed by atoms with Crippen LogP contribution in [0.1, 0.15) is 49.8 Å². The number of phenolic OH excluding ortho intramolecular Hbond substituents is 2. The molecule has 0 amide bonds. The third-order valence-corrected chi connectivity index (χ3v) is 5.97. The monoisotopic (exact) mass is 392 g/mol. The second-order valence-electron chi connectivity index (χ2n) is 7.42. The van der Waals surface area contributed by atoms with Gasteiger partial charge in [-0.1, -0.05) is 61.7 Å². The Bertz CT molecular complexity index is 984. The van der Waals surface area contributed by atoms with Gasteiger partial charge >= 0.3 is 0 Å². The molecule has 0 spiro atoms. The van der Waals surface area contributed by atoms with Crippen LogP contribution in [0.4, 0.5) is 0 Å². The highest BCUT2D eigenvalue weighted by molar-refractivity contribution is 7.13. The van der Waals surface area contributed by atoms with E-state index in [4.69, 9.17) is 0 Å². The van der Waals surface area contributed by atoms with Crippen LogP contribution in [-0.2, 0) is 6.42 Å². The molecule has 3 rings (SSSR count). The van der Waals surface area contributed by atoms with Crippen LogP contribution in [0.15, 0.2) is 48.4 Å². The summed E-state index contributed by atoms with van der Waals surface area (Å²) in [5.74, 6) is 0.277. The van der Waals surface area contributed by atoms with Gasteiger partial charge in [-0.25, -0.2) is 0 Å². The predicted molar refractivity (Wildman–Crippen MR) is 121 cm³/mol. The van der Waals surface area contributed by atoms with E-state index in [0.29, 0.717) is 5.56 Å². The maximum Gasteiger partial charge on any atom is 0.136 e. The first-order valence-corrected chi connectivity index (χ1v) is 10.7. The van der Waals surface area contributed by atoms with Crippen molar-refractivity contribution in [3.63, 3.8) is 0 Å². The molecule has 2 aromatic carbocycles. The number of aryl methyl sites for hydroxylation is 2. The second-order valence-corrected chi connectivity index (χ2v) is 8.36. The van der Waals surface area contributed by atoms with Crippen molar-refractivity contribution in [1.29, 1.82) is 0 Å². The molecule has 1 aromatic heterocycles. The van der Waals surface area contributed by atoms with Crippen LogP contribution >= 0.6 is 11.3 Å². The molecule has 1 heterocycles. The number of allylic oxidation sites excluding steroid dienone is 1. The topological polar surface area (TPSA) is 40.5 Å². The normalized spacial score (nSPS) is 11.0. The first-order valence-electron chi connectivity index (χ1n) is 9.82. The zero-order chi connectivity index (χ0) is 20.3. The molecule has 2 nitrogen and oxygen atoms in total. The Morgan fingerprint density at radius 3 is 2.50 bits per heavy atom. The van der Waals surface area contributed by atoms with Crippen LogP contribution in [0.3, 0.4) is 0 Å². The first-order chi connectivity index (χ1) is 13.4. The molecule has 0 saturated heterocycles. The number of hydrogen-bond donors (Lipinski definition) is 2. The fourth-order valence-electron chi connectivity index (χ4n) is 3.67. The van der Waals surface area contributed by atoms with Crippen molar-refractivity contribution in [2.45, 2.75) is 46.5 Å². The maximum atomic E-state index is 11.3. The molecule has 0 aliphatic carbocycles. The summed E-state index contributed by atoms with van der Waals surface area (Å²) in [6, 6.07) is 11.9. The van der Waals surface area contributed by atoms with Crippen LogP contribution in [0, 0.1) is 6.92 Å². The van der Waals surface area contributed by atoms with Gasteiger partial charge in [0.05, 0.1) is 5.56 Å². The summed E-state index contributed by atoms with van der Waals surface area (Å²) >= 11 is 1.61. The molecule has 3 aromatic rings. The highest BCUT2D eigenvalue weighted by Gasteiger charge is 2.22. The SMILES string of the molecule is C=C(C)c1ccc(C)cc1-c1c(O)cc(CCCCC)c(-c2cccs2)c1O. The summed E-state index contributed by atoms with van der Waals surface area (Å²) in [4.78, 5) is 1.02. The third-order valence-electron chi connectivity index (χ3n) is 5.08. The van der Waals surface area contributed by atoms with E-state index in [1.807, 2.05) is 55.6 Å². The highest BCUT2D eigenvalue weighted by atomic mass is 32.1. The molecule has 146 valence electrons. The van der Waals surface area contributed by atoms with Crippen molar-refractivity contribution >= 4 is 16.9 Å². The molecular formula is C25H28O2S. The van der Waals surface area contributed by atoms with Crippen LogP contribution in [0.2, 0.25) is 0 Å². The molecule has 2 N–H and O–H groups in total. The summed E-state index contributed by atoms with van der Waals surface area (Å²) in [6.07, 6.45) is 4.14. The minimum absolute atomic E-state index is 0.123. The largest absolute Gasteiger partial charge is 0.507 e. The van der Waals surface area contributed by atoms with Crippen LogP contribution in [0.5, 0.6) is 11.5 Å². The van der Waals surface area contributed by atoms with Gasteiger partial charge in [0.2, 0.25) is 0 Å². The molecule has 0 fully saturated rings. The van der Waals surface area contributed by atoms with Crippen molar-refractivity contribution in [1.82, 2.24) is 0 Å². The summed E-state index contributed by atoms with van der Waals surface area (Å²) in [6.45, 7) is 10.2. The molecule has 28 heavy (non-hydrogen) atoms. The number of unbranched alkanes of at least 4 members (excludes halogenated alkanes) is 2. The maximum absolute atomic E-state index is 11.3. The minimum Gasteiger partial charge on any atom is -0.507 e. The Labute approximate surface area is 171 Å². The minimum atomic E-state index is 0.123. The number of rotatable bonds is 7. The van der Waals surface area contributed by atoms with Crippen LogP contribution in [0.25, 0.3) is 27.1 Å². The van der Waals surface area contributed by atoms with Gasteiger partial charge in [-0.3, -0.25) is 0 Å². The van der Waals surface area contributed by atoms with Crippen molar-refractivity contribution < 1.29 is 10.2 Å². The number of thiophene rings is 1. The van der Waals surface area contributed by atoms with Gasteiger partial charge in [-0.05, 0) is 60.9 Å². The lowest BCUT2D eigenvalue weighted by molar-refractivity contribution is 0.454. The number of hydrogen-bond acceptors (Lipinski definition) is 3. The summed E-state index contributed by atoms with van der Waals surface area (Å²) in [5, 5.41) is 24.3. The van der Waals surface area contributed by atoms with E-state index in [2.05, 4.69) is 13.5 Å². The Morgan fingerprint density at radius 1 is 1.07 bits per heavy atom. The average Bonchev–Trinajstić information content (AvgIpc) is 3.15. The summed E-state index contributed by atoms with van der Waals surface area (Å²) < 4.78 is 0. The lowest BCUT2D eigenvalue weighted by Gasteiger charge is -2.19. The molecule has 0 aliphatic heterocycles. The van der Waals surface area contributed by atoms with E-state index >= 15 is 0 Å². The van der Waals surface area contributed by atoms with Gasteiger partial charge in [0, 0.05) is 10.4 Å². The Balaban J connectivity index is 2.26. The quantitative estimate of drug-likeness (QED) is 0.407. The smallest absolute Gasteiger partial charge is 0.136 e. The van der Waals surface area contributed by atoms with Crippen molar-refractivity contribution in [3.05, 3.63) is 65.0 Å². The lowest BCUT2D eigenvalue weighted by atomic mass is 9.88. The Morgan fingerprint density at radius 2 is 1.86 bits per heavy atom. The van der Waals surface area contributed by atoms with Crippen LogP contribution < -0.4 is 0 Å². The van der Waals surface area contributed by atoms with Gasteiger partial charge in [-0.15, -0.1) is 11.3 Å². The summed E-state index contributed by atoms with van der Waals surface area (Å²) in [5.41, 5.74) is 6.06. The standard InChI is InChI=1S/C25H28O2S/c1-5-6-7-9-18-15-21(26)24(25(27)23(18)22-10-8-13-28-22)20-14-17(4)11-12-19(20)16(2)3/h8,10-15,26-27H,2,5-7,9H2,1,3-4H3. The first kappa shape index (κ1) is 20.2. The van der Waals surface area contributed by atoms with Gasteiger partial charge in [0.25, 0.3) is 0 Å². The molecule has 0 atom stereocenters. The molecule has 0 unspecified atom stereocenters. The Hall–Kier alpha value is -2.52. The zero-order valence-electron chi connectivity index (χ0n) is 16.9. The second kappa shape index (κ2) is 8.66. The number of phenols is 2. The molecule has 3 heteroatoms. The van der Waals surface area contributed by atoms with Crippen molar-refractivity contribution in [3.8, 4) is 33.1 Å². The van der Waals surface area contributed by atoms with E-state index in [0.717, 1.165) is 64.0 Å². The highest BCUT2D eigenvalue weighted by Crippen LogP contribution is 2.49. The number of aromatic hydroxyl groups is 2. The molecule has 0 bridgehead atoms. The molecule has 0 aliphatic rings. The van der Waals surface area contributed by atoms with Crippen LogP contribution in [-0.4, -0.2) is 10.2 Å². The lowest BCUT2D eigenvalue weighted by Crippen LogP contribution is -1.96. The van der Waals surface area contributed by atoms with E-state index < -0.39 is 0 Å². The van der Waals surface area contributed by atoms with Gasteiger partial charge in [0.15, 0.2) is 0 Å². The van der Waals surface area contributed by atoms with Crippen molar-refractivity contribution in [2.75, 3.05) is 0 Å². The number of benzene rings is 2. The average molecular weight is 393 g/mol. The van der Waals surface area contributed by atoms with E-state index in [1.54, 1.807) is 11.3 Å². The van der Waals surface area contributed by atoms with E-state index in [-0.39, 0.29) is 11.5 Å². The fourth-order valence-corrected chi connectivity index (χ4v) is 4.48. The predicted octanol–water partition coefficient (Wildman–Crippen LogP) is 7.57. The van der Waals surface area contributed by atoms with Crippen molar-refractivity contribution in [2.24, 2.45) is 0 Å². The molecular weight excluding hydrogens is 364 g/mol. The molecule has 0 radical (unpaired) electrons. The summed E-state index contributed by atoms with van der Waals surface area (Å²) in [7, 11) is 0. The third kappa shape index (κ3) is 4.00. The van der Waals surface area contributed by atoms with E-state index in [1.165, 1.54) is 0 Å². The van der Waals surface area contributed by atoms with Gasteiger partial charge in [0.1, 0.15) is 11.5 Å². The van der Waals surface area contributed by atoms with E-state index in [9.17, 15) is 10.2 Å². The Kier molecular flexibility index (Phi) is 6.25.